The van der Waals surface area contributed by atoms with Crippen molar-refractivity contribution in [3.8, 4) is 11.5 Å². The summed E-state index contributed by atoms with van der Waals surface area (Å²) in [4.78, 5) is 14.8. The third-order valence-corrected chi connectivity index (χ3v) is 5.87. The van der Waals surface area contributed by atoms with Crippen LogP contribution < -0.4 is 9.47 Å². The number of piperidine rings is 1. The fraction of sp³-hybridized carbons (Fsp3) is 0.435. The van der Waals surface area contributed by atoms with Crippen molar-refractivity contribution in [3.63, 3.8) is 0 Å². The maximum Gasteiger partial charge on any atom is 0.162 e. The van der Waals surface area contributed by atoms with Gasteiger partial charge in [0.1, 0.15) is 17.1 Å². The van der Waals surface area contributed by atoms with Crippen molar-refractivity contribution in [1.29, 1.82) is 0 Å². The maximum atomic E-state index is 12.3. The van der Waals surface area contributed by atoms with Crippen molar-refractivity contribution in [3.05, 3.63) is 59.7 Å². The molecule has 0 bridgehead atoms. The number of ketones is 1. The Morgan fingerprint density at radius 1 is 1.11 bits per heavy atom. The van der Waals surface area contributed by atoms with Crippen LogP contribution in [0.15, 0.2) is 48.5 Å². The monoisotopic (exact) mass is 365 g/mol. The Morgan fingerprint density at radius 3 is 2.56 bits per heavy atom. The Morgan fingerprint density at radius 2 is 1.85 bits per heavy atom. The Hall–Kier alpha value is -2.33. The summed E-state index contributed by atoms with van der Waals surface area (Å²) in [6, 6.07) is 15.8. The highest BCUT2D eigenvalue weighted by Crippen LogP contribution is 2.40. The van der Waals surface area contributed by atoms with E-state index in [2.05, 4.69) is 23.1 Å². The molecule has 1 fully saturated rings. The SMILES string of the molecule is COc1ccc(C(=O)CCCN2CCC3(CC2)Cc2ccccc2O3)cc1. The predicted octanol–water partition coefficient (Wildman–Crippen LogP) is 4.13. The van der Waals surface area contributed by atoms with Crippen molar-refractivity contribution < 1.29 is 14.3 Å². The van der Waals surface area contributed by atoms with Crippen molar-refractivity contribution >= 4 is 5.78 Å². The molecule has 0 aliphatic carbocycles. The molecule has 2 heterocycles. The molecule has 2 aromatic carbocycles. The number of ether oxygens (including phenoxy) is 2. The largest absolute Gasteiger partial charge is 0.497 e. The lowest BCUT2D eigenvalue weighted by molar-refractivity contribution is 0.0190. The molecule has 2 aliphatic heterocycles. The van der Waals surface area contributed by atoms with E-state index in [0.29, 0.717) is 6.42 Å². The molecular weight excluding hydrogens is 338 g/mol. The molecule has 4 nitrogen and oxygen atoms in total. The van der Waals surface area contributed by atoms with E-state index < -0.39 is 0 Å². The predicted molar refractivity (Wildman–Crippen MR) is 106 cm³/mol. The van der Waals surface area contributed by atoms with Crippen molar-refractivity contribution in [2.75, 3.05) is 26.7 Å². The van der Waals surface area contributed by atoms with E-state index in [1.54, 1.807) is 7.11 Å². The normalized spacial score (nSPS) is 18.1. The molecule has 0 radical (unpaired) electrons. The van der Waals surface area contributed by atoms with Crippen LogP contribution in [0, 0.1) is 0 Å². The first-order valence-electron chi connectivity index (χ1n) is 9.84. The molecule has 0 saturated carbocycles. The lowest BCUT2D eigenvalue weighted by Gasteiger charge is -2.38. The number of carbonyl (C=O) groups excluding carboxylic acids is 1. The molecule has 0 aromatic heterocycles. The Labute approximate surface area is 161 Å². The first-order valence-corrected chi connectivity index (χ1v) is 9.84. The summed E-state index contributed by atoms with van der Waals surface area (Å²) >= 11 is 0. The summed E-state index contributed by atoms with van der Waals surface area (Å²) < 4.78 is 11.5. The van der Waals surface area contributed by atoms with Crippen LogP contribution in [0.2, 0.25) is 0 Å². The minimum atomic E-state index is -0.000892. The third kappa shape index (κ3) is 4.01. The van der Waals surface area contributed by atoms with Gasteiger partial charge in [0.2, 0.25) is 0 Å². The second-order valence-corrected chi connectivity index (χ2v) is 7.67. The van der Waals surface area contributed by atoms with Gasteiger partial charge in [-0.2, -0.15) is 0 Å². The number of likely N-dealkylation sites (tertiary alicyclic amines) is 1. The number of methoxy groups -OCH3 is 1. The summed E-state index contributed by atoms with van der Waals surface area (Å²) in [6.07, 6.45) is 4.66. The molecule has 2 aliphatic rings. The highest BCUT2D eigenvalue weighted by molar-refractivity contribution is 5.96. The summed E-state index contributed by atoms with van der Waals surface area (Å²) in [5.74, 6) is 2.06. The van der Waals surface area contributed by atoms with E-state index in [9.17, 15) is 4.79 Å². The van der Waals surface area contributed by atoms with Gasteiger partial charge in [-0.1, -0.05) is 18.2 Å². The first kappa shape index (κ1) is 18.1. The molecular formula is C23H27NO3. The van der Waals surface area contributed by atoms with Gasteiger partial charge in [-0.3, -0.25) is 4.79 Å². The van der Waals surface area contributed by atoms with E-state index in [4.69, 9.17) is 9.47 Å². The Kier molecular flexibility index (Phi) is 5.17. The number of nitrogens with zero attached hydrogens (tertiary/aromatic N) is 1. The molecule has 2 aromatic rings. The zero-order chi connectivity index (χ0) is 18.7. The minimum absolute atomic E-state index is 0.000892. The number of carbonyl (C=O) groups is 1. The van der Waals surface area contributed by atoms with E-state index in [1.807, 2.05) is 30.3 Å². The highest BCUT2D eigenvalue weighted by Gasteiger charge is 2.41. The second-order valence-electron chi connectivity index (χ2n) is 7.67. The number of benzene rings is 2. The van der Waals surface area contributed by atoms with Crippen molar-refractivity contribution in [1.82, 2.24) is 4.90 Å². The quantitative estimate of drug-likeness (QED) is 0.722. The van der Waals surface area contributed by atoms with Gasteiger partial charge in [0, 0.05) is 44.3 Å². The molecule has 1 saturated heterocycles. The van der Waals surface area contributed by atoms with E-state index >= 15 is 0 Å². The van der Waals surface area contributed by atoms with E-state index in [-0.39, 0.29) is 11.4 Å². The number of hydrogen-bond donors (Lipinski definition) is 0. The fourth-order valence-electron chi connectivity index (χ4n) is 4.21. The lowest BCUT2D eigenvalue weighted by atomic mass is 9.87. The molecule has 0 amide bonds. The molecule has 4 rings (SSSR count). The summed E-state index contributed by atoms with van der Waals surface area (Å²) in [5, 5.41) is 0. The van der Waals surface area contributed by atoms with Crippen molar-refractivity contribution in [2.24, 2.45) is 0 Å². The number of hydrogen-bond acceptors (Lipinski definition) is 4. The van der Waals surface area contributed by atoms with Crippen LogP contribution in [0.1, 0.15) is 41.6 Å². The average molecular weight is 365 g/mol. The third-order valence-electron chi connectivity index (χ3n) is 5.87. The Balaban J connectivity index is 1.21. The molecule has 4 heteroatoms. The number of rotatable bonds is 6. The smallest absolute Gasteiger partial charge is 0.162 e. The minimum Gasteiger partial charge on any atom is -0.497 e. The zero-order valence-corrected chi connectivity index (χ0v) is 15.9. The van der Waals surface area contributed by atoms with Gasteiger partial charge in [0.15, 0.2) is 5.78 Å². The highest BCUT2D eigenvalue weighted by atomic mass is 16.5. The first-order chi connectivity index (χ1) is 13.2. The zero-order valence-electron chi connectivity index (χ0n) is 15.9. The summed E-state index contributed by atoms with van der Waals surface area (Å²) in [5.41, 5.74) is 2.11. The number of fused-ring (bicyclic) bond motifs is 1. The van der Waals surface area contributed by atoms with Crippen LogP contribution in [0.3, 0.4) is 0 Å². The molecule has 0 unspecified atom stereocenters. The van der Waals surface area contributed by atoms with Crippen LogP contribution in [0.25, 0.3) is 0 Å². The second kappa shape index (κ2) is 7.73. The number of para-hydroxylation sites is 1. The van der Waals surface area contributed by atoms with Gasteiger partial charge in [0.05, 0.1) is 7.11 Å². The van der Waals surface area contributed by atoms with Gasteiger partial charge in [-0.15, -0.1) is 0 Å². The number of Topliss-reactive ketones (excluding diaryl/α,β-unsaturated/α-hetero) is 1. The van der Waals surface area contributed by atoms with Gasteiger partial charge in [-0.05, 0) is 48.9 Å². The molecule has 27 heavy (non-hydrogen) atoms. The topological polar surface area (TPSA) is 38.8 Å². The summed E-state index contributed by atoms with van der Waals surface area (Å²) in [7, 11) is 1.63. The van der Waals surface area contributed by atoms with Crippen LogP contribution in [0.5, 0.6) is 11.5 Å². The van der Waals surface area contributed by atoms with E-state index in [0.717, 1.165) is 62.4 Å². The molecule has 1 spiro atoms. The van der Waals surface area contributed by atoms with Crippen LogP contribution >= 0.6 is 0 Å². The van der Waals surface area contributed by atoms with E-state index in [1.165, 1.54) is 5.56 Å². The molecule has 0 atom stereocenters. The summed E-state index contributed by atoms with van der Waals surface area (Å²) in [6.45, 7) is 3.07. The standard InChI is InChI=1S/C23H27NO3/c1-26-20-10-8-18(9-11-20)21(25)6-4-14-24-15-12-23(13-16-24)17-19-5-2-3-7-22(19)27-23/h2-3,5,7-11H,4,6,12-17H2,1H3. The molecule has 142 valence electrons. The van der Waals surface area contributed by atoms with Crippen LogP contribution in [0.4, 0.5) is 0 Å². The maximum absolute atomic E-state index is 12.3. The van der Waals surface area contributed by atoms with Crippen molar-refractivity contribution in [2.45, 2.75) is 37.7 Å². The van der Waals surface area contributed by atoms with Gasteiger partial charge in [-0.25, -0.2) is 0 Å². The van der Waals surface area contributed by atoms with Crippen LogP contribution in [-0.2, 0) is 6.42 Å². The average Bonchev–Trinajstić information content (AvgIpc) is 3.07. The molecule has 0 N–H and O–H groups in total. The van der Waals surface area contributed by atoms with Gasteiger partial charge < -0.3 is 14.4 Å². The lowest BCUT2D eigenvalue weighted by Crippen LogP contribution is -2.47. The van der Waals surface area contributed by atoms with Gasteiger partial charge in [0.25, 0.3) is 0 Å². The van der Waals surface area contributed by atoms with Gasteiger partial charge >= 0.3 is 0 Å². The fourth-order valence-corrected chi connectivity index (χ4v) is 4.21. The Bertz CT molecular complexity index is 765. The van der Waals surface area contributed by atoms with Crippen LogP contribution in [-0.4, -0.2) is 43.0 Å².